The molecule has 0 fully saturated rings. The maximum Gasteiger partial charge on any atom is 0.268 e. The zero-order chi connectivity index (χ0) is 13.5. The standard InChI is InChI=1S/C12H19N3O3/c1-10(16)4-5-15-12(17)8-11(9-13-15)14(2)6-7-18-3/h8-9H,4-7H2,1-3H3. The number of carbonyl (C=O) groups excluding carboxylic acids is 1. The lowest BCUT2D eigenvalue weighted by Crippen LogP contribution is -2.28. The summed E-state index contributed by atoms with van der Waals surface area (Å²) in [6.45, 7) is 3.10. The molecule has 0 aliphatic carbocycles. The maximum atomic E-state index is 11.8. The Morgan fingerprint density at radius 1 is 1.56 bits per heavy atom. The van der Waals surface area contributed by atoms with E-state index in [1.807, 2.05) is 11.9 Å². The van der Waals surface area contributed by atoms with Crippen LogP contribution in [0.25, 0.3) is 0 Å². The summed E-state index contributed by atoms with van der Waals surface area (Å²) < 4.78 is 6.27. The number of nitrogens with zero attached hydrogens (tertiary/aromatic N) is 3. The van der Waals surface area contributed by atoms with Crippen LogP contribution in [0.4, 0.5) is 5.69 Å². The largest absolute Gasteiger partial charge is 0.383 e. The average Bonchev–Trinajstić information content (AvgIpc) is 2.34. The molecule has 18 heavy (non-hydrogen) atoms. The van der Waals surface area contributed by atoms with Gasteiger partial charge in [0.15, 0.2) is 0 Å². The van der Waals surface area contributed by atoms with Gasteiger partial charge in [-0.1, -0.05) is 0 Å². The van der Waals surface area contributed by atoms with Crippen LogP contribution in [0, 0.1) is 0 Å². The van der Waals surface area contributed by atoms with Gasteiger partial charge in [-0.25, -0.2) is 4.68 Å². The lowest BCUT2D eigenvalue weighted by Gasteiger charge is -2.18. The predicted molar refractivity (Wildman–Crippen MR) is 68.9 cm³/mol. The smallest absolute Gasteiger partial charge is 0.268 e. The predicted octanol–water partition coefficient (Wildman–Crippen LogP) is 0.305. The summed E-state index contributed by atoms with van der Waals surface area (Å²) >= 11 is 0. The Kier molecular flexibility index (Phi) is 5.51. The lowest BCUT2D eigenvalue weighted by molar-refractivity contribution is -0.117. The van der Waals surface area contributed by atoms with Crippen LogP contribution in [0.3, 0.4) is 0 Å². The number of Topliss-reactive ketones (excluding diaryl/α,β-unsaturated/α-hetero) is 1. The van der Waals surface area contributed by atoms with Crippen LogP contribution in [0.1, 0.15) is 13.3 Å². The highest BCUT2D eigenvalue weighted by molar-refractivity contribution is 5.75. The monoisotopic (exact) mass is 253 g/mol. The number of anilines is 1. The second kappa shape index (κ2) is 6.90. The fraction of sp³-hybridized carbons (Fsp3) is 0.583. The number of aryl methyl sites for hydroxylation is 1. The van der Waals surface area contributed by atoms with Crippen LogP contribution >= 0.6 is 0 Å². The number of hydrogen-bond acceptors (Lipinski definition) is 5. The third kappa shape index (κ3) is 4.29. The molecule has 0 aromatic carbocycles. The van der Waals surface area contributed by atoms with Gasteiger partial charge in [-0.05, 0) is 6.92 Å². The number of ether oxygens (including phenoxy) is 1. The molecular weight excluding hydrogens is 234 g/mol. The first-order valence-corrected chi connectivity index (χ1v) is 5.81. The van der Waals surface area contributed by atoms with E-state index in [0.29, 0.717) is 26.1 Å². The summed E-state index contributed by atoms with van der Waals surface area (Å²) in [6.07, 6.45) is 1.95. The molecule has 0 aliphatic rings. The number of likely N-dealkylation sites (N-methyl/N-ethyl adjacent to an activating group) is 1. The summed E-state index contributed by atoms with van der Waals surface area (Å²) in [5.74, 6) is 0.0463. The van der Waals surface area contributed by atoms with Crippen molar-refractivity contribution in [3.8, 4) is 0 Å². The van der Waals surface area contributed by atoms with Gasteiger partial charge >= 0.3 is 0 Å². The quantitative estimate of drug-likeness (QED) is 0.699. The van der Waals surface area contributed by atoms with Crippen molar-refractivity contribution in [3.63, 3.8) is 0 Å². The zero-order valence-electron chi connectivity index (χ0n) is 11.0. The topological polar surface area (TPSA) is 64.4 Å². The molecule has 1 heterocycles. The van der Waals surface area contributed by atoms with E-state index in [1.165, 1.54) is 17.7 Å². The number of hydrogen-bond donors (Lipinski definition) is 0. The van der Waals surface area contributed by atoms with E-state index in [1.54, 1.807) is 13.3 Å². The molecule has 0 unspecified atom stereocenters. The number of rotatable bonds is 7. The zero-order valence-corrected chi connectivity index (χ0v) is 11.0. The maximum absolute atomic E-state index is 11.8. The number of carbonyl (C=O) groups is 1. The van der Waals surface area contributed by atoms with Crippen molar-refractivity contribution >= 4 is 11.5 Å². The Morgan fingerprint density at radius 2 is 2.28 bits per heavy atom. The number of aromatic nitrogens is 2. The van der Waals surface area contributed by atoms with E-state index in [0.717, 1.165) is 5.69 Å². The third-order valence-corrected chi connectivity index (χ3v) is 2.60. The van der Waals surface area contributed by atoms with Crippen molar-refractivity contribution in [3.05, 3.63) is 22.6 Å². The van der Waals surface area contributed by atoms with E-state index < -0.39 is 0 Å². The van der Waals surface area contributed by atoms with Crippen molar-refractivity contribution in [2.24, 2.45) is 0 Å². The second-order valence-electron chi connectivity index (χ2n) is 4.14. The van der Waals surface area contributed by atoms with Gasteiger partial charge in [0.25, 0.3) is 5.56 Å². The summed E-state index contributed by atoms with van der Waals surface area (Å²) in [4.78, 5) is 24.5. The Hall–Kier alpha value is -1.69. The Morgan fingerprint density at radius 3 is 2.83 bits per heavy atom. The minimum absolute atomic E-state index is 0.0463. The van der Waals surface area contributed by atoms with Gasteiger partial charge in [-0.15, -0.1) is 0 Å². The number of ketones is 1. The van der Waals surface area contributed by atoms with Gasteiger partial charge in [0.05, 0.1) is 25.0 Å². The van der Waals surface area contributed by atoms with Gasteiger partial charge in [-0.2, -0.15) is 5.10 Å². The molecule has 1 aromatic heterocycles. The molecule has 100 valence electrons. The average molecular weight is 253 g/mol. The first-order chi connectivity index (χ1) is 8.54. The van der Waals surface area contributed by atoms with Gasteiger partial charge in [0, 0.05) is 33.2 Å². The van der Waals surface area contributed by atoms with Crippen LogP contribution in [-0.4, -0.2) is 42.9 Å². The van der Waals surface area contributed by atoms with Crippen molar-refractivity contribution < 1.29 is 9.53 Å². The summed E-state index contributed by atoms with van der Waals surface area (Å²) in [6, 6.07) is 1.52. The third-order valence-electron chi connectivity index (χ3n) is 2.60. The van der Waals surface area contributed by atoms with Crippen molar-refractivity contribution in [1.82, 2.24) is 9.78 Å². The number of methoxy groups -OCH3 is 1. The molecule has 0 radical (unpaired) electrons. The molecule has 0 saturated heterocycles. The van der Waals surface area contributed by atoms with Gasteiger partial charge < -0.3 is 9.64 Å². The van der Waals surface area contributed by atoms with E-state index in [4.69, 9.17) is 4.74 Å². The highest BCUT2D eigenvalue weighted by atomic mass is 16.5. The second-order valence-corrected chi connectivity index (χ2v) is 4.14. The van der Waals surface area contributed by atoms with Gasteiger partial charge in [0.1, 0.15) is 5.78 Å². The fourth-order valence-corrected chi connectivity index (χ4v) is 1.42. The molecule has 0 atom stereocenters. The van der Waals surface area contributed by atoms with Crippen molar-refractivity contribution in [1.29, 1.82) is 0 Å². The van der Waals surface area contributed by atoms with Crippen LogP contribution < -0.4 is 10.5 Å². The van der Waals surface area contributed by atoms with Crippen LogP contribution in [0.2, 0.25) is 0 Å². The van der Waals surface area contributed by atoms with Crippen LogP contribution in [-0.2, 0) is 16.1 Å². The molecule has 0 N–H and O–H groups in total. The highest BCUT2D eigenvalue weighted by Crippen LogP contribution is 2.06. The van der Waals surface area contributed by atoms with Crippen molar-refractivity contribution in [2.45, 2.75) is 19.9 Å². The van der Waals surface area contributed by atoms with Crippen LogP contribution in [0.5, 0.6) is 0 Å². The first-order valence-electron chi connectivity index (χ1n) is 5.81. The van der Waals surface area contributed by atoms with Crippen molar-refractivity contribution in [2.75, 3.05) is 32.2 Å². The first kappa shape index (κ1) is 14.4. The van der Waals surface area contributed by atoms with Gasteiger partial charge in [0.2, 0.25) is 0 Å². The minimum Gasteiger partial charge on any atom is -0.383 e. The van der Waals surface area contributed by atoms with E-state index in [-0.39, 0.29) is 11.3 Å². The summed E-state index contributed by atoms with van der Waals surface area (Å²) in [7, 11) is 3.50. The van der Waals surface area contributed by atoms with Gasteiger partial charge in [-0.3, -0.25) is 9.59 Å². The highest BCUT2D eigenvalue weighted by Gasteiger charge is 2.05. The Balaban J connectivity index is 2.72. The summed E-state index contributed by atoms with van der Waals surface area (Å²) in [5, 5.41) is 4.05. The molecule has 0 bridgehead atoms. The van der Waals surface area contributed by atoms with E-state index in [9.17, 15) is 9.59 Å². The van der Waals surface area contributed by atoms with Crippen LogP contribution in [0.15, 0.2) is 17.1 Å². The molecule has 0 saturated carbocycles. The Labute approximate surface area is 106 Å². The summed E-state index contributed by atoms with van der Waals surface area (Å²) in [5.41, 5.74) is 0.550. The van der Waals surface area contributed by atoms with E-state index >= 15 is 0 Å². The Bertz CT molecular complexity index is 456. The fourth-order valence-electron chi connectivity index (χ4n) is 1.42. The molecule has 1 aromatic rings. The molecule has 0 spiro atoms. The molecule has 0 aliphatic heterocycles. The normalized spacial score (nSPS) is 10.4. The molecule has 6 nitrogen and oxygen atoms in total. The molecule has 6 heteroatoms. The molecule has 1 rings (SSSR count). The minimum atomic E-state index is -0.196. The molecule has 0 amide bonds. The SMILES string of the molecule is COCCN(C)c1cnn(CCC(C)=O)c(=O)c1. The van der Waals surface area contributed by atoms with E-state index in [2.05, 4.69) is 5.10 Å². The molecular formula is C12H19N3O3. The lowest BCUT2D eigenvalue weighted by atomic mass is 10.3.